The monoisotopic (exact) mass is 422 g/mol. The number of imide groups is 2. The van der Waals surface area contributed by atoms with Crippen LogP contribution in [0, 0.1) is 0 Å². The van der Waals surface area contributed by atoms with Crippen LogP contribution in [0.1, 0.15) is 18.5 Å². The molecule has 1 aromatic heterocycles. The average molecular weight is 422 g/mol. The Labute approximate surface area is 179 Å². The molecule has 0 spiro atoms. The number of carbonyl (C=O) groups excluding carboxylic acids is 4. The van der Waals surface area contributed by atoms with Crippen LogP contribution in [0.15, 0.2) is 48.8 Å². The summed E-state index contributed by atoms with van der Waals surface area (Å²) in [5.41, 5.74) is 0.726. The van der Waals surface area contributed by atoms with Crippen molar-refractivity contribution in [3.8, 4) is 0 Å². The molecule has 1 atom stereocenters. The second-order valence-electron chi connectivity index (χ2n) is 7.35. The number of nitrogens with zero attached hydrogens (tertiary/aromatic N) is 6. The first kappa shape index (κ1) is 20.5. The van der Waals surface area contributed by atoms with Crippen molar-refractivity contribution >= 4 is 29.7 Å². The van der Waals surface area contributed by atoms with Crippen molar-refractivity contribution in [3.63, 3.8) is 0 Å². The van der Waals surface area contributed by atoms with Crippen LogP contribution in [0.2, 0.25) is 0 Å². The number of carbonyl (C=O) groups is 4. The first-order chi connectivity index (χ1) is 15.0. The van der Waals surface area contributed by atoms with Gasteiger partial charge in [-0.15, -0.1) is 0 Å². The van der Waals surface area contributed by atoms with Crippen LogP contribution in [0.4, 0.5) is 10.7 Å². The predicted octanol–water partition coefficient (Wildman–Crippen LogP) is 0.677. The van der Waals surface area contributed by atoms with Crippen molar-refractivity contribution in [2.75, 3.05) is 37.6 Å². The largest absolute Gasteiger partial charge is 0.338 e. The number of urea groups is 1. The van der Waals surface area contributed by atoms with Crippen molar-refractivity contribution in [1.82, 2.24) is 24.7 Å². The molecule has 3 heterocycles. The first-order valence-electron chi connectivity index (χ1n) is 10.0. The van der Waals surface area contributed by atoms with Crippen LogP contribution < -0.4 is 4.90 Å². The van der Waals surface area contributed by atoms with Crippen LogP contribution in [0.25, 0.3) is 0 Å². The van der Waals surface area contributed by atoms with Gasteiger partial charge in [-0.2, -0.15) is 0 Å². The smallest absolute Gasteiger partial charge is 0.335 e. The van der Waals surface area contributed by atoms with E-state index in [4.69, 9.17) is 0 Å². The maximum Gasteiger partial charge on any atom is 0.335 e. The van der Waals surface area contributed by atoms with E-state index in [0.717, 1.165) is 15.4 Å². The zero-order valence-electron chi connectivity index (χ0n) is 17.0. The van der Waals surface area contributed by atoms with E-state index in [1.165, 1.54) is 0 Å². The quantitative estimate of drug-likeness (QED) is 0.515. The highest BCUT2D eigenvalue weighted by molar-refractivity contribution is 6.45. The van der Waals surface area contributed by atoms with Gasteiger partial charge in [-0.3, -0.25) is 14.4 Å². The number of benzene rings is 1. The number of piperazine rings is 1. The van der Waals surface area contributed by atoms with Crippen LogP contribution in [-0.4, -0.2) is 81.1 Å². The van der Waals surface area contributed by atoms with Crippen molar-refractivity contribution < 1.29 is 19.2 Å². The fourth-order valence-electron chi connectivity index (χ4n) is 3.73. The molecule has 10 heteroatoms. The Morgan fingerprint density at radius 1 is 0.935 bits per heavy atom. The minimum absolute atomic E-state index is 0.377. The van der Waals surface area contributed by atoms with E-state index >= 15 is 0 Å². The SMILES string of the molecule is CC(c1ccccc1)N1C(=O)C(=O)N(CC(=O)N2CCN(c3ncccn3)CC2)C1=O. The van der Waals surface area contributed by atoms with Gasteiger partial charge in [0.05, 0.1) is 6.04 Å². The van der Waals surface area contributed by atoms with Gasteiger partial charge in [0.25, 0.3) is 0 Å². The highest BCUT2D eigenvalue weighted by Crippen LogP contribution is 2.26. The second-order valence-corrected chi connectivity index (χ2v) is 7.35. The van der Waals surface area contributed by atoms with Gasteiger partial charge in [-0.05, 0) is 18.6 Å². The molecule has 4 rings (SSSR count). The number of amides is 5. The normalized spacial score (nSPS) is 18.0. The third kappa shape index (κ3) is 3.96. The fraction of sp³-hybridized carbons (Fsp3) is 0.333. The molecule has 2 saturated heterocycles. The van der Waals surface area contributed by atoms with Crippen LogP contribution in [0.3, 0.4) is 0 Å². The van der Waals surface area contributed by atoms with E-state index < -0.39 is 30.4 Å². The topological polar surface area (TPSA) is 107 Å². The third-order valence-corrected chi connectivity index (χ3v) is 5.51. The van der Waals surface area contributed by atoms with Crippen LogP contribution >= 0.6 is 0 Å². The van der Waals surface area contributed by atoms with Crippen molar-refractivity contribution in [1.29, 1.82) is 0 Å². The molecular formula is C21H22N6O4. The Balaban J connectivity index is 1.39. The van der Waals surface area contributed by atoms with Gasteiger partial charge in [0, 0.05) is 38.6 Å². The van der Waals surface area contributed by atoms with Crippen LogP contribution in [-0.2, 0) is 14.4 Å². The van der Waals surface area contributed by atoms with Gasteiger partial charge in [-0.25, -0.2) is 24.6 Å². The van der Waals surface area contributed by atoms with E-state index in [-0.39, 0.29) is 5.91 Å². The summed E-state index contributed by atoms with van der Waals surface area (Å²) in [7, 11) is 0. The number of rotatable bonds is 5. The zero-order chi connectivity index (χ0) is 22.0. The first-order valence-corrected chi connectivity index (χ1v) is 10.0. The number of hydrogen-bond acceptors (Lipinski definition) is 7. The molecule has 0 aliphatic carbocycles. The summed E-state index contributed by atoms with van der Waals surface area (Å²) in [6, 6.07) is 9.31. The van der Waals surface area contributed by atoms with Gasteiger partial charge in [-0.1, -0.05) is 30.3 Å². The lowest BCUT2D eigenvalue weighted by atomic mass is 10.1. The van der Waals surface area contributed by atoms with Gasteiger partial charge < -0.3 is 9.80 Å². The molecule has 31 heavy (non-hydrogen) atoms. The molecule has 0 saturated carbocycles. The Morgan fingerprint density at radius 3 is 2.23 bits per heavy atom. The summed E-state index contributed by atoms with van der Waals surface area (Å²) in [5.74, 6) is -1.68. The summed E-state index contributed by atoms with van der Waals surface area (Å²) in [4.78, 5) is 64.0. The molecule has 10 nitrogen and oxygen atoms in total. The van der Waals surface area contributed by atoms with Gasteiger partial charge >= 0.3 is 17.8 Å². The summed E-state index contributed by atoms with van der Waals surface area (Å²) < 4.78 is 0. The highest BCUT2D eigenvalue weighted by atomic mass is 16.2. The minimum Gasteiger partial charge on any atom is -0.338 e. The predicted molar refractivity (Wildman–Crippen MR) is 110 cm³/mol. The summed E-state index contributed by atoms with van der Waals surface area (Å²) >= 11 is 0. The maximum atomic E-state index is 12.8. The molecule has 2 aliphatic heterocycles. The van der Waals surface area contributed by atoms with E-state index in [2.05, 4.69) is 9.97 Å². The molecule has 2 aliphatic rings. The third-order valence-electron chi connectivity index (χ3n) is 5.51. The Hall–Kier alpha value is -3.82. The summed E-state index contributed by atoms with van der Waals surface area (Å²) in [6.07, 6.45) is 3.31. The number of aromatic nitrogens is 2. The maximum absolute atomic E-state index is 12.8. The van der Waals surface area contributed by atoms with E-state index in [1.54, 1.807) is 54.5 Å². The Kier molecular flexibility index (Phi) is 5.61. The molecule has 0 N–H and O–H groups in total. The lowest BCUT2D eigenvalue weighted by Gasteiger charge is -2.35. The van der Waals surface area contributed by atoms with Crippen molar-refractivity contribution in [2.45, 2.75) is 13.0 Å². The molecule has 160 valence electrons. The molecule has 0 radical (unpaired) electrons. The van der Waals surface area contributed by atoms with E-state index in [0.29, 0.717) is 32.1 Å². The van der Waals surface area contributed by atoms with Gasteiger partial charge in [0.2, 0.25) is 11.9 Å². The van der Waals surface area contributed by atoms with E-state index in [9.17, 15) is 19.2 Å². The average Bonchev–Trinajstić information content (AvgIpc) is 3.03. The molecule has 0 bridgehead atoms. The Bertz CT molecular complexity index is 991. The fourth-order valence-corrected chi connectivity index (χ4v) is 3.73. The molecule has 2 aromatic rings. The standard InChI is InChI=1S/C21H22N6O4/c1-15(16-6-3-2-4-7-16)27-19(30)18(29)26(21(27)31)14-17(28)24-10-12-25(13-11-24)20-22-8-5-9-23-20/h2-9,15H,10-14H2,1H3. The lowest BCUT2D eigenvalue weighted by molar-refractivity contribution is -0.145. The van der Waals surface area contributed by atoms with Crippen molar-refractivity contribution in [2.24, 2.45) is 0 Å². The lowest BCUT2D eigenvalue weighted by Crippen LogP contribution is -2.52. The molecule has 1 aromatic carbocycles. The molecular weight excluding hydrogens is 400 g/mol. The minimum atomic E-state index is -0.975. The van der Waals surface area contributed by atoms with Gasteiger partial charge in [0.1, 0.15) is 6.54 Å². The number of anilines is 1. The highest BCUT2D eigenvalue weighted by Gasteiger charge is 2.48. The second kappa shape index (κ2) is 8.50. The number of hydrogen-bond donors (Lipinski definition) is 0. The summed E-state index contributed by atoms with van der Waals surface area (Å²) in [6.45, 7) is 3.11. The Morgan fingerprint density at radius 2 is 1.58 bits per heavy atom. The molecule has 1 unspecified atom stereocenters. The van der Waals surface area contributed by atoms with Crippen LogP contribution in [0.5, 0.6) is 0 Å². The summed E-state index contributed by atoms with van der Waals surface area (Å²) in [5, 5.41) is 0. The molecule has 2 fully saturated rings. The van der Waals surface area contributed by atoms with Gasteiger partial charge in [0.15, 0.2) is 0 Å². The van der Waals surface area contributed by atoms with E-state index in [1.807, 2.05) is 11.0 Å². The zero-order valence-corrected chi connectivity index (χ0v) is 17.0. The molecule has 5 amide bonds. The van der Waals surface area contributed by atoms with Crippen molar-refractivity contribution in [3.05, 3.63) is 54.4 Å².